The van der Waals surface area contributed by atoms with Crippen molar-refractivity contribution in [1.82, 2.24) is 14.9 Å². The minimum Gasteiger partial charge on any atom is -0.468 e. The lowest BCUT2D eigenvalue weighted by molar-refractivity contribution is -0.143. The Hall–Kier alpha value is -1.01. The molecule has 102 valence electrons. The lowest BCUT2D eigenvalue weighted by Crippen LogP contribution is -2.38. The molecule has 0 saturated carbocycles. The molecule has 0 aliphatic rings. The monoisotopic (exact) mass is 271 g/mol. The zero-order valence-corrected chi connectivity index (χ0v) is 12.0. The van der Waals surface area contributed by atoms with Crippen LogP contribution in [0, 0.1) is 0 Å². The summed E-state index contributed by atoms with van der Waals surface area (Å²) in [7, 11) is 3.39. The molecule has 1 N–H and O–H groups in total. The van der Waals surface area contributed by atoms with Crippen LogP contribution in [-0.4, -0.2) is 41.0 Å². The molecular weight excluding hydrogens is 250 g/mol. The molecule has 5 nitrogen and oxygen atoms in total. The van der Waals surface area contributed by atoms with Crippen LogP contribution in [0.1, 0.15) is 19.8 Å². The van der Waals surface area contributed by atoms with E-state index in [9.17, 15) is 4.79 Å². The van der Waals surface area contributed by atoms with Gasteiger partial charge in [-0.1, -0.05) is 18.7 Å². The number of carbonyl (C=O) groups is 1. The lowest BCUT2D eigenvalue weighted by atomic mass is 10.2. The third kappa shape index (κ3) is 4.70. The standard InChI is InChI=1S/C12H21N3O2S/c1-4-6-13-10(11(16)17-3)5-9-18-12-14-7-8-15(12)2/h7-8,10,13H,4-6,9H2,1-3H3. The van der Waals surface area contributed by atoms with Gasteiger partial charge in [-0.05, 0) is 19.4 Å². The van der Waals surface area contributed by atoms with Gasteiger partial charge in [0.15, 0.2) is 5.16 Å². The number of carbonyl (C=O) groups excluding carboxylic acids is 1. The van der Waals surface area contributed by atoms with E-state index in [4.69, 9.17) is 4.74 Å². The van der Waals surface area contributed by atoms with E-state index in [1.165, 1.54) is 7.11 Å². The molecule has 1 heterocycles. The topological polar surface area (TPSA) is 56.2 Å². The number of hydrogen-bond acceptors (Lipinski definition) is 5. The Morgan fingerprint density at radius 2 is 2.44 bits per heavy atom. The summed E-state index contributed by atoms with van der Waals surface area (Å²) < 4.78 is 6.76. The highest BCUT2D eigenvalue weighted by Gasteiger charge is 2.17. The van der Waals surface area contributed by atoms with Crippen molar-refractivity contribution >= 4 is 17.7 Å². The van der Waals surface area contributed by atoms with Gasteiger partial charge in [0.2, 0.25) is 0 Å². The van der Waals surface area contributed by atoms with Gasteiger partial charge in [-0.3, -0.25) is 4.79 Å². The number of ether oxygens (including phenoxy) is 1. The number of nitrogens with zero attached hydrogens (tertiary/aromatic N) is 2. The summed E-state index contributed by atoms with van der Waals surface area (Å²) in [6, 6.07) is -0.220. The van der Waals surface area contributed by atoms with Crippen molar-refractivity contribution < 1.29 is 9.53 Å². The predicted molar refractivity (Wildman–Crippen MR) is 72.6 cm³/mol. The van der Waals surface area contributed by atoms with Crippen LogP contribution in [0.3, 0.4) is 0 Å². The predicted octanol–water partition coefficient (Wildman–Crippen LogP) is 1.44. The van der Waals surface area contributed by atoms with Crippen LogP contribution in [0.4, 0.5) is 0 Å². The first-order valence-electron chi connectivity index (χ1n) is 6.10. The number of aryl methyl sites for hydroxylation is 1. The molecule has 0 aliphatic heterocycles. The second-order valence-electron chi connectivity index (χ2n) is 3.99. The SMILES string of the molecule is CCCNC(CCSc1nccn1C)C(=O)OC. The molecule has 0 bridgehead atoms. The fourth-order valence-electron chi connectivity index (χ4n) is 1.52. The number of methoxy groups -OCH3 is 1. The number of aromatic nitrogens is 2. The number of rotatable bonds is 8. The second-order valence-corrected chi connectivity index (χ2v) is 5.05. The van der Waals surface area contributed by atoms with Crippen molar-refractivity contribution in [2.45, 2.75) is 31.0 Å². The van der Waals surface area contributed by atoms with Gasteiger partial charge in [0, 0.05) is 25.2 Å². The van der Waals surface area contributed by atoms with Crippen molar-refractivity contribution in [2.75, 3.05) is 19.4 Å². The van der Waals surface area contributed by atoms with Crippen LogP contribution in [0.2, 0.25) is 0 Å². The first kappa shape index (κ1) is 15.0. The molecular formula is C12H21N3O2S. The summed E-state index contributed by atoms with van der Waals surface area (Å²) in [5.41, 5.74) is 0. The average molecular weight is 271 g/mol. The Bertz CT molecular complexity index is 368. The summed E-state index contributed by atoms with van der Waals surface area (Å²) in [6.07, 6.45) is 5.43. The normalized spacial score (nSPS) is 12.4. The fourth-order valence-corrected chi connectivity index (χ4v) is 2.46. The zero-order chi connectivity index (χ0) is 13.4. The smallest absolute Gasteiger partial charge is 0.322 e. The summed E-state index contributed by atoms with van der Waals surface area (Å²) in [5.74, 6) is 0.644. The highest BCUT2D eigenvalue weighted by Crippen LogP contribution is 2.16. The molecule has 0 radical (unpaired) electrons. The molecule has 18 heavy (non-hydrogen) atoms. The molecule has 0 aromatic carbocycles. The molecule has 1 aromatic heterocycles. The van der Waals surface area contributed by atoms with Crippen molar-refractivity contribution in [1.29, 1.82) is 0 Å². The molecule has 0 saturated heterocycles. The van der Waals surface area contributed by atoms with Crippen LogP contribution in [0.25, 0.3) is 0 Å². The fraction of sp³-hybridized carbons (Fsp3) is 0.667. The number of nitrogens with one attached hydrogen (secondary N) is 1. The highest BCUT2D eigenvalue weighted by atomic mass is 32.2. The Labute approximate surface area is 112 Å². The lowest BCUT2D eigenvalue weighted by Gasteiger charge is -2.15. The summed E-state index contributed by atoms with van der Waals surface area (Å²) in [5, 5.41) is 4.17. The minimum atomic E-state index is -0.220. The molecule has 0 aliphatic carbocycles. The maximum Gasteiger partial charge on any atom is 0.322 e. The van der Waals surface area contributed by atoms with Crippen molar-refractivity contribution in [3.8, 4) is 0 Å². The number of esters is 1. The van der Waals surface area contributed by atoms with E-state index in [2.05, 4.69) is 17.2 Å². The number of hydrogen-bond donors (Lipinski definition) is 1. The Morgan fingerprint density at radius 3 is 3.00 bits per heavy atom. The van der Waals surface area contributed by atoms with E-state index >= 15 is 0 Å². The molecule has 1 unspecified atom stereocenters. The van der Waals surface area contributed by atoms with Gasteiger partial charge < -0.3 is 14.6 Å². The van der Waals surface area contributed by atoms with Gasteiger partial charge in [-0.2, -0.15) is 0 Å². The van der Waals surface area contributed by atoms with E-state index in [1.807, 2.05) is 17.8 Å². The molecule has 1 rings (SSSR count). The highest BCUT2D eigenvalue weighted by molar-refractivity contribution is 7.99. The first-order chi connectivity index (χ1) is 8.69. The third-order valence-electron chi connectivity index (χ3n) is 2.54. The van der Waals surface area contributed by atoms with Gasteiger partial charge in [-0.15, -0.1) is 0 Å². The van der Waals surface area contributed by atoms with Crippen molar-refractivity contribution in [3.63, 3.8) is 0 Å². The molecule has 0 spiro atoms. The van der Waals surface area contributed by atoms with E-state index < -0.39 is 0 Å². The summed E-state index contributed by atoms with van der Waals surface area (Å²) in [4.78, 5) is 15.8. The van der Waals surface area contributed by atoms with E-state index in [0.29, 0.717) is 0 Å². The van der Waals surface area contributed by atoms with E-state index in [0.717, 1.165) is 30.3 Å². The maximum atomic E-state index is 11.6. The maximum absolute atomic E-state index is 11.6. The van der Waals surface area contributed by atoms with Crippen LogP contribution in [0.15, 0.2) is 17.6 Å². The Kier molecular flexibility index (Phi) is 6.82. The van der Waals surface area contributed by atoms with E-state index in [-0.39, 0.29) is 12.0 Å². The minimum absolute atomic E-state index is 0.191. The Balaban J connectivity index is 2.37. The first-order valence-corrected chi connectivity index (χ1v) is 7.09. The van der Waals surface area contributed by atoms with Crippen LogP contribution >= 0.6 is 11.8 Å². The van der Waals surface area contributed by atoms with Gasteiger partial charge >= 0.3 is 5.97 Å². The molecule has 6 heteroatoms. The molecule has 1 atom stereocenters. The van der Waals surface area contributed by atoms with E-state index in [1.54, 1.807) is 18.0 Å². The number of thioether (sulfide) groups is 1. The molecule has 0 amide bonds. The van der Waals surface area contributed by atoms with Crippen LogP contribution < -0.4 is 5.32 Å². The van der Waals surface area contributed by atoms with Gasteiger partial charge in [-0.25, -0.2) is 4.98 Å². The van der Waals surface area contributed by atoms with Gasteiger partial charge in [0.05, 0.1) is 7.11 Å². The van der Waals surface area contributed by atoms with Crippen LogP contribution in [-0.2, 0) is 16.6 Å². The van der Waals surface area contributed by atoms with Crippen molar-refractivity contribution in [2.24, 2.45) is 7.05 Å². The quantitative estimate of drug-likeness (QED) is 0.573. The molecule has 0 fully saturated rings. The average Bonchev–Trinajstić information content (AvgIpc) is 2.78. The zero-order valence-electron chi connectivity index (χ0n) is 11.2. The summed E-state index contributed by atoms with van der Waals surface area (Å²) >= 11 is 1.65. The third-order valence-corrected chi connectivity index (χ3v) is 3.63. The number of imidazole rings is 1. The largest absolute Gasteiger partial charge is 0.468 e. The summed E-state index contributed by atoms with van der Waals surface area (Å²) in [6.45, 7) is 2.90. The second kappa shape index (κ2) is 8.16. The van der Waals surface area contributed by atoms with Gasteiger partial charge in [0.25, 0.3) is 0 Å². The van der Waals surface area contributed by atoms with Gasteiger partial charge in [0.1, 0.15) is 6.04 Å². The Morgan fingerprint density at radius 1 is 1.67 bits per heavy atom. The van der Waals surface area contributed by atoms with Crippen molar-refractivity contribution in [3.05, 3.63) is 12.4 Å². The molecule has 1 aromatic rings. The van der Waals surface area contributed by atoms with Crippen LogP contribution in [0.5, 0.6) is 0 Å².